The summed E-state index contributed by atoms with van der Waals surface area (Å²) in [5.41, 5.74) is 2.23. The Hall–Kier alpha value is -4.72. The van der Waals surface area contributed by atoms with Gasteiger partial charge in [-0.2, -0.15) is 0 Å². The number of ether oxygens (including phenoxy) is 1. The Morgan fingerprint density at radius 2 is 1.74 bits per heavy atom. The van der Waals surface area contributed by atoms with Crippen molar-refractivity contribution in [2.75, 3.05) is 4.90 Å². The van der Waals surface area contributed by atoms with Gasteiger partial charge >= 0.3 is 6.03 Å². The average molecular weight is 455 g/mol. The maximum atomic E-state index is 13.0. The normalized spacial score (nSPS) is 14.8. The molecule has 8 heteroatoms. The molecule has 1 aliphatic rings. The number of nitrogens with one attached hydrogen (secondary N) is 1. The Balaban J connectivity index is 1.51. The zero-order valence-corrected chi connectivity index (χ0v) is 18.1. The number of carboxylic acids is 1. The quantitative estimate of drug-likeness (QED) is 0.451. The molecule has 3 aromatic rings. The molecule has 34 heavy (non-hydrogen) atoms. The molecule has 8 nitrogen and oxygen atoms in total. The number of urea groups is 1. The highest BCUT2D eigenvalue weighted by molar-refractivity contribution is 6.39. The fraction of sp³-hybridized carbons (Fsp3) is 0.0769. The third-order valence-electron chi connectivity index (χ3n) is 5.22. The number of carboxylic acid groups (broad SMARTS) is 1. The molecule has 0 atom stereocenters. The van der Waals surface area contributed by atoms with E-state index in [1.807, 2.05) is 0 Å². The van der Waals surface area contributed by atoms with E-state index in [9.17, 15) is 24.3 Å². The van der Waals surface area contributed by atoms with E-state index in [0.29, 0.717) is 28.1 Å². The fourth-order valence-corrected chi connectivity index (χ4v) is 3.47. The maximum Gasteiger partial charge on any atom is 0.335 e. The second kappa shape index (κ2) is 9.41. The molecule has 0 aromatic heterocycles. The molecule has 1 aliphatic heterocycles. The first-order valence-corrected chi connectivity index (χ1v) is 10.3. The Morgan fingerprint density at radius 3 is 2.44 bits per heavy atom. The van der Waals surface area contributed by atoms with Gasteiger partial charge in [-0.15, -0.1) is 0 Å². The molecular formula is C26H19N2O6-. The van der Waals surface area contributed by atoms with Crippen molar-refractivity contribution in [2.24, 2.45) is 0 Å². The summed E-state index contributed by atoms with van der Waals surface area (Å²) >= 11 is 0. The fourth-order valence-electron chi connectivity index (χ4n) is 3.47. The first-order chi connectivity index (χ1) is 16.3. The summed E-state index contributed by atoms with van der Waals surface area (Å²) < 4.78 is 5.68. The van der Waals surface area contributed by atoms with Gasteiger partial charge in [-0.05, 0) is 59.5 Å². The SMILES string of the molecule is Cc1ccccc1N1C(=O)NC(=O)/C(=C\c2ccc(OCc3cccc(C(=O)[O-])c3)cc2)C1=O. The Labute approximate surface area is 195 Å². The van der Waals surface area contributed by atoms with Gasteiger partial charge in [-0.25, -0.2) is 9.69 Å². The standard InChI is InChI=1S/C26H20N2O6/c1-16-5-2-3-8-22(16)28-24(30)21(23(29)27-26(28)33)14-17-9-11-20(12-10-17)34-15-18-6-4-7-19(13-18)25(31)32/h2-14H,15H2,1H3,(H,31,32)(H,27,29,33)/p-1/b21-14+. The second-order valence-corrected chi connectivity index (χ2v) is 7.59. The third kappa shape index (κ3) is 4.71. The number of imide groups is 2. The number of hydrogen-bond donors (Lipinski definition) is 1. The van der Waals surface area contributed by atoms with E-state index >= 15 is 0 Å². The zero-order chi connectivity index (χ0) is 24.2. The summed E-state index contributed by atoms with van der Waals surface area (Å²) in [5.74, 6) is -2.23. The lowest BCUT2D eigenvalue weighted by Gasteiger charge is -2.27. The van der Waals surface area contributed by atoms with Crippen molar-refractivity contribution in [1.29, 1.82) is 0 Å². The molecule has 3 aromatic carbocycles. The molecular weight excluding hydrogens is 436 g/mol. The predicted molar refractivity (Wildman–Crippen MR) is 122 cm³/mol. The minimum atomic E-state index is -1.26. The van der Waals surface area contributed by atoms with Crippen LogP contribution in [0.5, 0.6) is 5.75 Å². The molecule has 0 radical (unpaired) electrons. The van der Waals surface area contributed by atoms with E-state index in [0.717, 1.165) is 4.90 Å². The topological polar surface area (TPSA) is 116 Å². The van der Waals surface area contributed by atoms with Crippen molar-refractivity contribution < 1.29 is 29.0 Å². The van der Waals surface area contributed by atoms with Crippen LogP contribution in [-0.2, 0) is 16.2 Å². The van der Waals surface area contributed by atoms with Gasteiger partial charge in [-0.1, -0.05) is 48.5 Å². The van der Waals surface area contributed by atoms with Crippen molar-refractivity contribution in [3.8, 4) is 5.75 Å². The number of barbiturate groups is 1. The molecule has 0 spiro atoms. The molecule has 0 saturated carbocycles. The largest absolute Gasteiger partial charge is 0.545 e. The van der Waals surface area contributed by atoms with Gasteiger partial charge in [-0.3, -0.25) is 14.9 Å². The van der Waals surface area contributed by atoms with E-state index < -0.39 is 23.8 Å². The summed E-state index contributed by atoms with van der Waals surface area (Å²) in [7, 11) is 0. The van der Waals surface area contributed by atoms with Gasteiger partial charge in [0.15, 0.2) is 0 Å². The van der Waals surface area contributed by atoms with Gasteiger partial charge in [0.2, 0.25) is 0 Å². The lowest BCUT2D eigenvalue weighted by atomic mass is 10.1. The number of para-hydroxylation sites is 1. The number of aryl methyl sites for hydroxylation is 1. The molecule has 4 amide bonds. The van der Waals surface area contributed by atoms with Gasteiger partial charge in [0, 0.05) is 0 Å². The van der Waals surface area contributed by atoms with Crippen LogP contribution in [0.15, 0.2) is 78.4 Å². The van der Waals surface area contributed by atoms with Gasteiger partial charge < -0.3 is 14.6 Å². The number of hydrogen-bond acceptors (Lipinski definition) is 6. The number of carbonyl (C=O) groups excluding carboxylic acids is 4. The van der Waals surface area contributed by atoms with Crippen LogP contribution < -0.4 is 20.1 Å². The second-order valence-electron chi connectivity index (χ2n) is 7.59. The summed E-state index contributed by atoms with van der Waals surface area (Å²) in [6.45, 7) is 1.92. The summed E-state index contributed by atoms with van der Waals surface area (Å²) in [4.78, 5) is 49.6. The van der Waals surface area contributed by atoms with Crippen LogP contribution in [0.2, 0.25) is 0 Å². The highest BCUT2D eigenvalue weighted by atomic mass is 16.5. The first-order valence-electron chi connectivity index (χ1n) is 10.3. The predicted octanol–water partition coefficient (Wildman–Crippen LogP) is 2.60. The Morgan fingerprint density at radius 1 is 1.00 bits per heavy atom. The van der Waals surface area contributed by atoms with Crippen LogP contribution >= 0.6 is 0 Å². The van der Waals surface area contributed by atoms with Gasteiger partial charge in [0.1, 0.15) is 17.9 Å². The number of benzene rings is 3. The molecule has 4 rings (SSSR count). The highest BCUT2D eigenvalue weighted by Gasteiger charge is 2.37. The number of nitrogens with zero attached hydrogens (tertiary/aromatic N) is 1. The number of rotatable bonds is 6. The van der Waals surface area contributed by atoms with Crippen LogP contribution in [-0.4, -0.2) is 23.8 Å². The minimum Gasteiger partial charge on any atom is -0.545 e. The molecule has 1 fully saturated rings. The zero-order valence-electron chi connectivity index (χ0n) is 18.1. The lowest BCUT2D eigenvalue weighted by Crippen LogP contribution is -2.54. The lowest BCUT2D eigenvalue weighted by molar-refractivity contribution is -0.255. The van der Waals surface area contributed by atoms with Crippen LogP contribution in [0.3, 0.4) is 0 Å². The molecule has 0 bridgehead atoms. The average Bonchev–Trinajstić information content (AvgIpc) is 2.82. The maximum absolute atomic E-state index is 13.0. The van der Waals surface area contributed by atoms with Crippen LogP contribution in [0.1, 0.15) is 27.0 Å². The smallest absolute Gasteiger partial charge is 0.335 e. The molecule has 1 heterocycles. The van der Waals surface area contributed by atoms with Crippen LogP contribution in [0.25, 0.3) is 6.08 Å². The van der Waals surface area contributed by atoms with Crippen molar-refractivity contribution in [3.63, 3.8) is 0 Å². The number of carbonyl (C=O) groups is 4. The number of anilines is 1. The Bertz CT molecular complexity index is 1330. The van der Waals surface area contributed by atoms with Crippen molar-refractivity contribution in [2.45, 2.75) is 13.5 Å². The van der Waals surface area contributed by atoms with Crippen molar-refractivity contribution in [1.82, 2.24) is 5.32 Å². The van der Waals surface area contributed by atoms with E-state index in [1.54, 1.807) is 67.6 Å². The highest BCUT2D eigenvalue weighted by Crippen LogP contribution is 2.25. The molecule has 170 valence electrons. The van der Waals surface area contributed by atoms with E-state index in [2.05, 4.69) is 5.32 Å². The summed E-state index contributed by atoms with van der Waals surface area (Å²) in [6, 6.07) is 19.0. The van der Waals surface area contributed by atoms with Gasteiger partial charge in [0.05, 0.1) is 11.7 Å². The first kappa shape index (κ1) is 22.5. The summed E-state index contributed by atoms with van der Waals surface area (Å²) in [6.07, 6.45) is 1.41. The molecule has 1 N–H and O–H groups in total. The van der Waals surface area contributed by atoms with Crippen LogP contribution in [0, 0.1) is 6.92 Å². The summed E-state index contributed by atoms with van der Waals surface area (Å²) in [5, 5.41) is 13.2. The van der Waals surface area contributed by atoms with Crippen molar-refractivity contribution >= 4 is 35.6 Å². The third-order valence-corrected chi connectivity index (χ3v) is 5.22. The van der Waals surface area contributed by atoms with E-state index in [4.69, 9.17) is 4.74 Å². The van der Waals surface area contributed by atoms with Crippen molar-refractivity contribution in [3.05, 3.63) is 101 Å². The monoisotopic (exact) mass is 455 g/mol. The molecule has 0 aliphatic carbocycles. The molecule has 0 unspecified atom stereocenters. The van der Waals surface area contributed by atoms with Crippen LogP contribution in [0.4, 0.5) is 10.5 Å². The number of aromatic carboxylic acids is 1. The van der Waals surface area contributed by atoms with E-state index in [-0.39, 0.29) is 17.7 Å². The minimum absolute atomic E-state index is 0.0664. The molecule has 1 saturated heterocycles. The Kier molecular flexibility index (Phi) is 6.22. The van der Waals surface area contributed by atoms with E-state index in [1.165, 1.54) is 18.2 Å². The van der Waals surface area contributed by atoms with Gasteiger partial charge in [0.25, 0.3) is 11.8 Å². The number of amides is 4.